The van der Waals surface area contributed by atoms with Crippen molar-refractivity contribution in [1.82, 2.24) is 9.47 Å². The van der Waals surface area contributed by atoms with E-state index in [0.717, 1.165) is 29.9 Å². The van der Waals surface area contributed by atoms with Gasteiger partial charge in [-0.3, -0.25) is 9.69 Å². The third kappa shape index (κ3) is 3.39. The Balaban J connectivity index is 1.55. The second kappa shape index (κ2) is 7.49. The number of aromatic nitrogens is 1. The number of carbonyl (C=O) groups is 1. The summed E-state index contributed by atoms with van der Waals surface area (Å²) in [7, 11) is 0. The van der Waals surface area contributed by atoms with Crippen molar-refractivity contribution < 1.29 is 9.53 Å². The van der Waals surface area contributed by atoms with Gasteiger partial charge >= 0.3 is 0 Å². The predicted molar refractivity (Wildman–Crippen MR) is 110 cm³/mol. The second-order valence-electron chi connectivity index (χ2n) is 7.56. The van der Waals surface area contributed by atoms with Crippen LogP contribution in [0.4, 0.5) is 0 Å². The summed E-state index contributed by atoms with van der Waals surface area (Å²) in [4.78, 5) is 15.3. The highest BCUT2D eigenvalue weighted by molar-refractivity contribution is 8.26. The minimum Gasteiger partial charge on any atom is -0.376 e. The summed E-state index contributed by atoms with van der Waals surface area (Å²) < 4.78 is 8.79. The molecule has 0 radical (unpaired) electrons. The van der Waals surface area contributed by atoms with Crippen LogP contribution in [0.3, 0.4) is 0 Å². The van der Waals surface area contributed by atoms with Gasteiger partial charge < -0.3 is 9.30 Å². The molecule has 1 atom stereocenters. The number of rotatable bonds is 4. The van der Waals surface area contributed by atoms with Crippen LogP contribution in [-0.4, -0.2) is 39.0 Å². The fourth-order valence-corrected chi connectivity index (χ4v) is 5.73. The van der Waals surface area contributed by atoms with Gasteiger partial charge in [0.2, 0.25) is 0 Å². The maximum Gasteiger partial charge on any atom is 0.266 e. The molecule has 2 saturated heterocycles. The van der Waals surface area contributed by atoms with Gasteiger partial charge in [0.05, 0.1) is 17.6 Å². The summed E-state index contributed by atoms with van der Waals surface area (Å²) in [6, 6.07) is 2.83. The van der Waals surface area contributed by atoms with Gasteiger partial charge in [-0.25, -0.2) is 0 Å². The van der Waals surface area contributed by atoms with Crippen molar-refractivity contribution in [2.75, 3.05) is 13.2 Å². The molecular weight excluding hydrogens is 364 g/mol. The predicted octanol–water partition coefficient (Wildman–Crippen LogP) is 4.60. The van der Waals surface area contributed by atoms with Crippen molar-refractivity contribution in [2.45, 2.75) is 64.5 Å². The number of amides is 1. The number of thioether (sulfide) groups is 1. The molecule has 3 heterocycles. The fourth-order valence-electron chi connectivity index (χ4n) is 4.46. The summed E-state index contributed by atoms with van der Waals surface area (Å²) in [5.41, 5.74) is 3.70. The number of ether oxygens (including phenoxy) is 1. The Kier molecular flexibility index (Phi) is 5.26. The van der Waals surface area contributed by atoms with Crippen LogP contribution < -0.4 is 0 Å². The van der Waals surface area contributed by atoms with E-state index < -0.39 is 0 Å². The number of nitrogens with zero attached hydrogens (tertiary/aromatic N) is 2. The molecule has 6 heteroatoms. The van der Waals surface area contributed by atoms with Crippen molar-refractivity contribution in [3.05, 3.63) is 27.9 Å². The van der Waals surface area contributed by atoms with Crippen LogP contribution in [0.25, 0.3) is 6.08 Å². The molecule has 2 aliphatic heterocycles. The average Bonchev–Trinajstić information content (AvgIpc) is 3.37. The van der Waals surface area contributed by atoms with Gasteiger partial charge in [-0.15, -0.1) is 0 Å². The first-order chi connectivity index (χ1) is 12.5. The maximum atomic E-state index is 12.9. The van der Waals surface area contributed by atoms with Crippen LogP contribution in [0.15, 0.2) is 11.0 Å². The first-order valence-electron chi connectivity index (χ1n) is 9.60. The van der Waals surface area contributed by atoms with Gasteiger partial charge in [0.15, 0.2) is 0 Å². The van der Waals surface area contributed by atoms with Gasteiger partial charge in [0, 0.05) is 24.0 Å². The van der Waals surface area contributed by atoms with Crippen LogP contribution in [0, 0.1) is 13.8 Å². The Bertz CT molecular complexity index is 756. The third-order valence-corrected chi connectivity index (χ3v) is 7.16. The summed E-state index contributed by atoms with van der Waals surface area (Å²) in [6.45, 7) is 5.72. The van der Waals surface area contributed by atoms with Crippen molar-refractivity contribution in [1.29, 1.82) is 0 Å². The Labute approximate surface area is 164 Å². The number of aryl methyl sites for hydroxylation is 1. The Morgan fingerprint density at radius 1 is 1.27 bits per heavy atom. The molecule has 3 aliphatic rings. The number of hydrogen-bond acceptors (Lipinski definition) is 4. The fraction of sp³-hybridized carbons (Fsp3) is 0.600. The van der Waals surface area contributed by atoms with E-state index in [9.17, 15) is 4.79 Å². The molecule has 1 aliphatic carbocycles. The molecule has 1 saturated carbocycles. The highest BCUT2D eigenvalue weighted by atomic mass is 32.2. The minimum absolute atomic E-state index is 0.0289. The van der Waals surface area contributed by atoms with E-state index in [0.29, 0.717) is 16.9 Å². The Morgan fingerprint density at radius 3 is 2.73 bits per heavy atom. The molecule has 0 N–H and O–H groups in total. The molecule has 0 spiro atoms. The first kappa shape index (κ1) is 18.3. The standard InChI is InChI=1S/C20H26N2O2S2/c1-13-10-15(14(2)22(13)16-6-3-4-7-16)11-18-19(23)21(20(25)26-18)12-17-8-5-9-24-17/h10-11,16-17H,3-9,12H2,1-2H3/b18-11-/t17-/m1/s1. The van der Waals surface area contributed by atoms with Crippen LogP contribution in [0.5, 0.6) is 0 Å². The number of carbonyl (C=O) groups excluding carboxylic acids is 1. The summed E-state index contributed by atoms with van der Waals surface area (Å²) in [5, 5.41) is 0. The lowest BCUT2D eigenvalue weighted by Gasteiger charge is -2.18. The molecule has 0 aromatic carbocycles. The smallest absolute Gasteiger partial charge is 0.266 e. The topological polar surface area (TPSA) is 34.5 Å². The third-order valence-electron chi connectivity index (χ3n) is 5.78. The lowest BCUT2D eigenvalue weighted by Crippen LogP contribution is -2.35. The van der Waals surface area contributed by atoms with Crippen molar-refractivity contribution in [3.8, 4) is 0 Å². The Hall–Kier alpha value is -1.11. The van der Waals surface area contributed by atoms with E-state index in [4.69, 9.17) is 17.0 Å². The van der Waals surface area contributed by atoms with E-state index >= 15 is 0 Å². The number of hydrogen-bond donors (Lipinski definition) is 0. The van der Waals surface area contributed by atoms with Crippen LogP contribution >= 0.6 is 24.0 Å². The van der Waals surface area contributed by atoms with Crippen molar-refractivity contribution >= 4 is 40.3 Å². The number of thiocarbonyl (C=S) groups is 1. The molecular formula is C20H26N2O2S2. The highest BCUT2D eigenvalue weighted by Crippen LogP contribution is 2.37. The molecule has 1 amide bonds. The lowest BCUT2D eigenvalue weighted by molar-refractivity contribution is -0.123. The molecule has 0 bridgehead atoms. The zero-order chi connectivity index (χ0) is 18.3. The molecule has 4 rings (SSSR count). The molecule has 1 aromatic heterocycles. The SMILES string of the molecule is Cc1cc(/C=C2\SC(=S)N(C[C@H]3CCCO3)C2=O)c(C)n1C1CCCC1. The zero-order valence-electron chi connectivity index (χ0n) is 15.5. The largest absolute Gasteiger partial charge is 0.376 e. The van der Waals surface area contributed by atoms with E-state index in [1.54, 1.807) is 4.90 Å². The molecule has 1 aromatic rings. The van der Waals surface area contributed by atoms with Crippen LogP contribution in [0.2, 0.25) is 0 Å². The van der Waals surface area contributed by atoms with E-state index in [1.165, 1.54) is 48.8 Å². The molecule has 4 nitrogen and oxygen atoms in total. The van der Waals surface area contributed by atoms with Gasteiger partial charge in [-0.2, -0.15) is 0 Å². The quantitative estimate of drug-likeness (QED) is 0.556. The van der Waals surface area contributed by atoms with Gasteiger partial charge in [0.1, 0.15) is 4.32 Å². The minimum atomic E-state index is 0.0289. The van der Waals surface area contributed by atoms with Gasteiger partial charge in [-0.05, 0) is 57.2 Å². The average molecular weight is 391 g/mol. The first-order valence-corrected chi connectivity index (χ1v) is 10.8. The van der Waals surface area contributed by atoms with Gasteiger partial charge in [0.25, 0.3) is 5.91 Å². The maximum absolute atomic E-state index is 12.9. The van der Waals surface area contributed by atoms with E-state index in [2.05, 4.69) is 24.5 Å². The Morgan fingerprint density at radius 2 is 2.04 bits per heavy atom. The summed E-state index contributed by atoms with van der Waals surface area (Å²) >= 11 is 6.88. The van der Waals surface area contributed by atoms with Crippen molar-refractivity contribution in [2.24, 2.45) is 0 Å². The normalized spacial score (nSPS) is 26.0. The molecule has 3 fully saturated rings. The van der Waals surface area contributed by atoms with Crippen LogP contribution in [-0.2, 0) is 9.53 Å². The van der Waals surface area contributed by atoms with E-state index in [1.807, 2.05) is 6.08 Å². The monoisotopic (exact) mass is 390 g/mol. The highest BCUT2D eigenvalue weighted by Gasteiger charge is 2.35. The second-order valence-corrected chi connectivity index (χ2v) is 9.24. The molecule has 0 unspecified atom stereocenters. The molecule has 26 heavy (non-hydrogen) atoms. The lowest BCUT2D eigenvalue weighted by atomic mass is 10.2. The van der Waals surface area contributed by atoms with Gasteiger partial charge in [-0.1, -0.05) is 36.8 Å². The summed E-state index contributed by atoms with van der Waals surface area (Å²) in [6.07, 6.45) is 9.41. The zero-order valence-corrected chi connectivity index (χ0v) is 17.1. The van der Waals surface area contributed by atoms with Crippen molar-refractivity contribution in [3.63, 3.8) is 0 Å². The molecule has 140 valence electrons. The summed E-state index contributed by atoms with van der Waals surface area (Å²) in [5.74, 6) is 0.0289. The van der Waals surface area contributed by atoms with E-state index in [-0.39, 0.29) is 12.0 Å². The van der Waals surface area contributed by atoms with Crippen LogP contribution in [0.1, 0.15) is 61.5 Å².